The molecule has 4 N–H and O–H groups in total. The number of rotatable bonds is 4. The van der Waals surface area contributed by atoms with Crippen LogP contribution >= 0.6 is 11.6 Å². The van der Waals surface area contributed by atoms with Gasteiger partial charge in [-0.25, -0.2) is 9.59 Å². The molecule has 0 atom stereocenters. The van der Waals surface area contributed by atoms with E-state index in [1.165, 1.54) is 5.39 Å². The van der Waals surface area contributed by atoms with E-state index < -0.39 is 11.9 Å². The van der Waals surface area contributed by atoms with Crippen molar-refractivity contribution in [2.75, 3.05) is 6.54 Å². The number of carbonyl (C=O) groups is 2. The average Bonchev–Trinajstić information content (AvgIpc) is 2.80. The molecule has 2 aromatic rings. The number of benzene rings is 1. The monoisotopic (exact) mass is 310 g/mol. The molecule has 112 valence electrons. The van der Waals surface area contributed by atoms with Crippen LogP contribution in [-0.2, 0) is 16.1 Å². The van der Waals surface area contributed by atoms with Gasteiger partial charge in [-0.2, -0.15) is 0 Å². The topological polar surface area (TPSA) is 106 Å². The van der Waals surface area contributed by atoms with E-state index in [0.29, 0.717) is 18.7 Å². The zero-order valence-electron chi connectivity index (χ0n) is 11.1. The fourth-order valence-electron chi connectivity index (χ4n) is 1.63. The van der Waals surface area contributed by atoms with Gasteiger partial charge in [0.25, 0.3) is 0 Å². The highest BCUT2D eigenvalue weighted by Crippen LogP contribution is 2.20. The Labute approximate surface area is 126 Å². The molecule has 0 aliphatic rings. The van der Waals surface area contributed by atoms with Gasteiger partial charge < -0.3 is 20.5 Å². The molecule has 0 amide bonds. The lowest BCUT2D eigenvalue weighted by Gasteiger charge is -2.02. The largest absolute Gasteiger partial charge is 0.478 e. The fourth-order valence-corrected chi connectivity index (χ4v) is 1.80. The Bertz CT molecular complexity index is 648. The molecule has 6 nitrogen and oxygen atoms in total. The first-order valence-corrected chi connectivity index (χ1v) is 6.40. The van der Waals surface area contributed by atoms with Gasteiger partial charge in [-0.3, -0.25) is 0 Å². The third kappa shape index (κ3) is 5.68. The smallest absolute Gasteiger partial charge is 0.328 e. The number of nitrogens with zero attached hydrogens (tertiary/aromatic N) is 1. The normalized spacial score (nSPS) is 10.4. The Hall–Kier alpha value is -2.31. The predicted octanol–water partition coefficient (Wildman–Crippen LogP) is 1.97. The molecule has 0 saturated carbocycles. The highest BCUT2D eigenvalue weighted by atomic mass is 35.5. The lowest BCUT2D eigenvalue weighted by molar-refractivity contribution is -0.134. The first-order valence-electron chi connectivity index (χ1n) is 6.02. The van der Waals surface area contributed by atoms with Gasteiger partial charge in [-0.15, -0.1) is 0 Å². The minimum absolute atomic E-state index is 0.558. The van der Waals surface area contributed by atoms with Crippen molar-refractivity contribution in [2.45, 2.75) is 6.54 Å². The van der Waals surface area contributed by atoms with Crippen LogP contribution in [0.4, 0.5) is 0 Å². The van der Waals surface area contributed by atoms with Gasteiger partial charge in [0.1, 0.15) is 0 Å². The van der Waals surface area contributed by atoms with Crippen molar-refractivity contribution in [1.29, 1.82) is 0 Å². The summed E-state index contributed by atoms with van der Waals surface area (Å²) in [7, 11) is 0. The summed E-state index contributed by atoms with van der Waals surface area (Å²) in [4.78, 5) is 19.1. The number of aromatic nitrogens is 1. The standard InChI is InChI=1S/C10H11ClN2.C4H4O4/c11-9-2-1-8-3-5-13(6-4-12)10(8)7-9;5-3(6)1-2-4(7)8/h1-3,5,7H,4,6,12H2;1-2H,(H,5,6)(H,7,8). The highest BCUT2D eigenvalue weighted by molar-refractivity contribution is 6.31. The Morgan fingerprint density at radius 2 is 1.81 bits per heavy atom. The number of nitrogens with two attached hydrogens (primary N) is 1. The van der Waals surface area contributed by atoms with Crippen molar-refractivity contribution >= 4 is 34.4 Å². The second kappa shape index (κ2) is 8.08. The van der Waals surface area contributed by atoms with Crippen molar-refractivity contribution in [3.05, 3.63) is 47.6 Å². The predicted molar refractivity (Wildman–Crippen MR) is 80.4 cm³/mol. The van der Waals surface area contributed by atoms with E-state index in [1.54, 1.807) is 0 Å². The van der Waals surface area contributed by atoms with Crippen molar-refractivity contribution in [1.82, 2.24) is 4.57 Å². The first kappa shape index (κ1) is 16.7. The fraction of sp³-hybridized carbons (Fsp3) is 0.143. The van der Waals surface area contributed by atoms with E-state index in [2.05, 4.69) is 10.6 Å². The summed E-state index contributed by atoms with van der Waals surface area (Å²) in [6.45, 7) is 1.49. The van der Waals surface area contributed by atoms with Gasteiger partial charge in [0.05, 0.1) is 0 Å². The van der Waals surface area contributed by atoms with Gasteiger partial charge in [0.2, 0.25) is 0 Å². The number of carboxylic acids is 2. The lowest BCUT2D eigenvalue weighted by Crippen LogP contribution is -2.08. The van der Waals surface area contributed by atoms with Crippen LogP contribution in [0.2, 0.25) is 5.02 Å². The highest BCUT2D eigenvalue weighted by Gasteiger charge is 1.99. The number of aliphatic carboxylic acids is 2. The molecular formula is C14H15ClN2O4. The molecule has 1 aromatic carbocycles. The molecule has 0 fully saturated rings. The van der Waals surface area contributed by atoms with E-state index in [4.69, 9.17) is 27.5 Å². The lowest BCUT2D eigenvalue weighted by atomic mass is 10.2. The van der Waals surface area contributed by atoms with Crippen LogP contribution in [-0.4, -0.2) is 33.3 Å². The maximum atomic E-state index is 9.55. The van der Waals surface area contributed by atoms with E-state index in [1.807, 2.05) is 24.4 Å². The van der Waals surface area contributed by atoms with Crippen molar-refractivity contribution in [3.8, 4) is 0 Å². The summed E-state index contributed by atoms with van der Waals surface area (Å²) < 4.78 is 2.11. The van der Waals surface area contributed by atoms with Crippen LogP contribution in [0.25, 0.3) is 10.9 Å². The van der Waals surface area contributed by atoms with Gasteiger partial charge >= 0.3 is 11.9 Å². The molecule has 0 saturated heterocycles. The van der Waals surface area contributed by atoms with Crippen LogP contribution in [0.3, 0.4) is 0 Å². The van der Waals surface area contributed by atoms with Crippen LogP contribution in [0, 0.1) is 0 Å². The molecule has 0 bridgehead atoms. The molecule has 0 radical (unpaired) electrons. The van der Waals surface area contributed by atoms with Crippen LogP contribution in [0.5, 0.6) is 0 Å². The number of hydrogen-bond donors (Lipinski definition) is 3. The number of hydrogen-bond acceptors (Lipinski definition) is 3. The average molecular weight is 311 g/mol. The van der Waals surface area contributed by atoms with Gasteiger partial charge in [0.15, 0.2) is 0 Å². The molecule has 1 heterocycles. The van der Waals surface area contributed by atoms with Crippen molar-refractivity contribution in [2.24, 2.45) is 5.73 Å². The zero-order valence-corrected chi connectivity index (χ0v) is 11.8. The summed E-state index contributed by atoms with van der Waals surface area (Å²) in [5.74, 6) is -2.51. The maximum Gasteiger partial charge on any atom is 0.328 e. The van der Waals surface area contributed by atoms with Crippen LogP contribution in [0.1, 0.15) is 0 Å². The molecule has 21 heavy (non-hydrogen) atoms. The Morgan fingerprint density at radius 3 is 2.33 bits per heavy atom. The number of carboxylic acid groups (broad SMARTS) is 2. The summed E-state index contributed by atoms with van der Waals surface area (Å²) in [5, 5.41) is 17.6. The van der Waals surface area contributed by atoms with Crippen LogP contribution in [0.15, 0.2) is 42.6 Å². The summed E-state index contributed by atoms with van der Waals surface area (Å²) in [5.41, 5.74) is 6.65. The van der Waals surface area contributed by atoms with E-state index in [0.717, 1.165) is 17.1 Å². The minimum atomic E-state index is -1.26. The maximum absolute atomic E-state index is 9.55. The van der Waals surface area contributed by atoms with E-state index in [-0.39, 0.29) is 0 Å². The molecule has 0 aliphatic heterocycles. The Kier molecular flexibility index (Phi) is 6.45. The molecule has 0 unspecified atom stereocenters. The second-order valence-electron chi connectivity index (χ2n) is 4.01. The minimum Gasteiger partial charge on any atom is -0.478 e. The quantitative estimate of drug-likeness (QED) is 0.749. The molecule has 7 heteroatoms. The third-order valence-corrected chi connectivity index (χ3v) is 2.71. The second-order valence-corrected chi connectivity index (χ2v) is 4.45. The SMILES string of the molecule is NCCn1ccc2ccc(Cl)cc21.O=C(O)C=CC(=O)O. The molecule has 0 spiro atoms. The molecule has 1 aromatic heterocycles. The number of fused-ring (bicyclic) bond motifs is 1. The van der Waals surface area contributed by atoms with Crippen molar-refractivity contribution in [3.63, 3.8) is 0 Å². The van der Waals surface area contributed by atoms with E-state index >= 15 is 0 Å². The third-order valence-electron chi connectivity index (χ3n) is 2.47. The summed E-state index contributed by atoms with van der Waals surface area (Å²) in [6, 6.07) is 7.95. The van der Waals surface area contributed by atoms with Gasteiger partial charge in [0, 0.05) is 42.0 Å². The van der Waals surface area contributed by atoms with Crippen LogP contribution < -0.4 is 5.73 Å². The Morgan fingerprint density at radius 1 is 1.19 bits per heavy atom. The molecule has 2 rings (SSSR count). The summed E-state index contributed by atoms with van der Waals surface area (Å²) in [6.07, 6.45) is 3.15. The van der Waals surface area contributed by atoms with Gasteiger partial charge in [-0.05, 0) is 23.6 Å². The zero-order chi connectivity index (χ0) is 15.8. The number of halogens is 1. The Balaban J connectivity index is 0.000000240. The van der Waals surface area contributed by atoms with Crippen molar-refractivity contribution < 1.29 is 19.8 Å². The molecule has 0 aliphatic carbocycles. The molecular weight excluding hydrogens is 296 g/mol. The van der Waals surface area contributed by atoms with E-state index in [9.17, 15) is 9.59 Å². The summed E-state index contributed by atoms with van der Waals surface area (Å²) >= 11 is 5.90. The van der Waals surface area contributed by atoms with Gasteiger partial charge in [-0.1, -0.05) is 17.7 Å². The first-order chi connectivity index (χ1) is 9.93.